The van der Waals surface area contributed by atoms with E-state index in [0.717, 1.165) is 6.42 Å². The zero-order valence-electron chi connectivity index (χ0n) is 14.9. The third kappa shape index (κ3) is 11.1. The highest BCUT2D eigenvalue weighted by atomic mass is 28.4. The first kappa shape index (κ1) is 20.8. The Balaban J connectivity index is 4.82. The van der Waals surface area contributed by atoms with Crippen LogP contribution in [0.2, 0.25) is 45.3 Å². The van der Waals surface area contributed by atoms with Gasteiger partial charge in [0.15, 0.2) is 16.6 Å². The molecule has 1 unspecified atom stereocenters. The van der Waals surface area contributed by atoms with Crippen LogP contribution in [-0.4, -0.2) is 38.0 Å². The van der Waals surface area contributed by atoms with Gasteiger partial charge in [-0.05, 0) is 52.6 Å². The van der Waals surface area contributed by atoms with E-state index < -0.39 is 25.9 Å². The van der Waals surface area contributed by atoms with Crippen molar-refractivity contribution in [2.45, 2.75) is 71.7 Å². The van der Waals surface area contributed by atoms with Crippen LogP contribution >= 0.6 is 0 Å². The second-order valence-electron chi connectivity index (χ2n) is 7.34. The molecular weight excluding hydrogens is 316 g/mol. The van der Waals surface area contributed by atoms with Gasteiger partial charge in [0, 0.05) is 11.6 Å². The summed E-state index contributed by atoms with van der Waals surface area (Å²) in [6, 6.07) is 0.712. The second kappa shape index (κ2) is 8.42. The Labute approximate surface area is 134 Å². The minimum atomic E-state index is -1.83. The molecule has 0 saturated heterocycles. The van der Waals surface area contributed by atoms with Crippen molar-refractivity contribution >= 4 is 31.9 Å². The summed E-state index contributed by atoms with van der Waals surface area (Å²) >= 11 is 0. The van der Waals surface area contributed by atoms with E-state index in [4.69, 9.17) is 13.0 Å². The van der Waals surface area contributed by atoms with Crippen LogP contribution in [0.15, 0.2) is 12.2 Å². The monoisotopic (exact) mass is 348 g/mol. The molecule has 0 bridgehead atoms. The summed E-state index contributed by atoms with van der Waals surface area (Å²) in [5, 5.41) is 0. The van der Waals surface area contributed by atoms with Gasteiger partial charge in [-0.2, -0.15) is 0 Å². The van der Waals surface area contributed by atoms with Crippen LogP contribution < -0.4 is 0 Å². The lowest BCUT2D eigenvalue weighted by Gasteiger charge is -2.32. The fraction of sp³-hybridized carbons (Fsp3) is 0.786. The highest BCUT2D eigenvalue weighted by Gasteiger charge is 2.31. The molecule has 21 heavy (non-hydrogen) atoms. The Kier molecular flexibility index (Phi) is 8.33. The van der Waals surface area contributed by atoms with Crippen molar-refractivity contribution in [1.29, 1.82) is 0 Å². The Morgan fingerprint density at radius 2 is 1.52 bits per heavy atom. The van der Waals surface area contributed by atoms with E-state index in [-0.39, 0.29) is 12.1 Å². The third-order valence-corrected chi connectivity index (χ3v) is 11.2. The number of esters is 1. The summed E-state index contributed by atoms with van der Waals surface area (Å²) in [6.07, 6.45) is 0.630. The molecule has 1 atom stereocenters. The minimum absolute atomic E-state index is 0.140. The number of rotatable bonds is 9. The van der Waals surface area contributed by atoms with Gasteiger partial charge in [-0.3, -0.25) is 0 Å². The van der Waals surface area contributed by atoms with E-state index in [0.29, 0.717) is 11.6 Å². The van der Waals surface area contributed by atoms with E-state index in [1.54, 1.807) is 6.92 Å². The average Bonchev–Trinajstić information content (AvgIpc) is 2.22. The van der Waals surface area contributed by atoms with Crippen molar-refractivity contribution in [3.8, 4) is 0 Å². The van der Waals surface area contributed by atoms with Crippen LogP contribution in [0.4, 0.5) is 0 Å². The molecule has 0 aliphatic rings. The van der Waals surface area contributed by atoms with E-state index in [1.807, 2.05) is 6.92 Å². The van der Waals surface area contributed by atoms with Crippen LogP contribution in [0.3, 0.4) is 0 Å². The van der Waals surface area contributed by atoms with Gasteiger partial charge in [0.1, 0.15) is 6.10 Å². The SMILES string of the molecule is C=C(C)C(=O)OC(CC)C[SiH](O[Si](C)(C)C)O[Si](C)(C)C. The maximum Gasteiger partial charge on any atom is 0.333 e. The first-order chi connectivity index (χ1) is 9.34. The van der Waals surface area contributed by atoms with Crippen LogP contribution in [0, 0.1) is 0 Å². The van der Waals surface area contributed by atoms with Crippen LogP contribution in [0.5, 0.6) is 0 Å². The molecule has 0 heterocycles. The molecule has 0 spiro atoms. The van der Waals surface area contributed by atoms with Gasteiger partial charge in [-0.15, -0.1) is 0 Å². The van der Waals surface area contributed by atoms with E-state index >= 15 is 0 Å². The van der Waals surface area contributed by atoms with Crippen LogP contribution in [0.25, 0.3) is 0 Å². The first-order valence-corrected chi connectivity index (χ1v) is 16.1. The number of hydrogen-bond donors (Lipinski definition) is 0. The Morgan fingerprint density at radius 1 is 1.10 bits per heavy atom. The van der Waals surface area contributed by atoms with Crippen molar-refractivity contribution in [1.82, 2.24) is 0 Å². The third-order valence-electron chi connectivity index (χ3n) is 2.50. The van der Waals surface area contributed by atoms with Crippen molar-refractivity contribution in [3.63, 3.8) is 0 Å². The molecule has 0 N–H and O–H groups in total. The quantitative estimate of drug-likeness (QED) is 0.361. The minimum Gasteiger partial charge on any atom is -0.459 e. The molecule has 0 radical (unpaired) electrons. The molecule has 0 amide bonds. The van der Waals surface area contributed by atoms with Crippen LogP contribution in [0.1, 0.15) is 20.3 Å². The summed E-state index contributed by atoms with van der Waals surface area (Å²) in [6.45, 7) is 20.3. The lowest BCUT2D eigenvalue weighted by atomic mass is 10.3. The molecule has 0 aromatic carbocycles. The smallest absolute Gasteiger partial charge is 0.333 e. The topological polar surface area (TPSA) is 44.8 Å². The van der Waals surface area contributed by atoms with Crippen molar-refractivity contribution in [3.05, 3.63) is 12.2 Å². The normalized spacial score (nSPS) is 14.1. The molecule has 0 saturated carbocycles. The molecule has 0 aromatic heterocycles. The highest BCUT2D eigenvalue weighted by Crippen LogP contribution is 2.19. The zero-order valence-corrected chi connectivity index (χ0v) is 18.1. The van der Waals surface area contributed by atoms with Gasteiger partial charge in [0.2, 0.25) is 0 Å². The molecule has 0 aliphatic heterocycles. The molecular formula is C14H32O4Si3. The molecule has 0 fully saturated rings. The summed E-state index contributed by atoms with van der Waals surface area (Å²) in [7, 11) is -5.15. The van der Waals surface area contributed by atoms with Crippen LogP contribution in [-0.2, 0) is 17.8 Å². The van der Waals surface area contributed by atoms with Gasteiger partial charge in [0.05, 0.1) is 0 Å². The summed E-state index contributed by atoms with van der Waals surface area (Å²) in [5.41, 5.74) is 0.434. The van der Waals surface area contributed by atoms with Gasteiger partial charge in [0.25, 0.3) is 0 Å². The molecule has 0 aromatic rings. The number of hydrogen-bond acceptors (Lipinski definition) is 4. The molecule has 4 nitrogen and oxygen atoms in total. The largest absolute Gasteiger partial charge is 0.459 e. The van der Waals surface area contributed by atoms with Gasteiger partial charge in [-0.1, -0.05) is 13.5 Å². The summed E-state index contributed by atoms with van der Waals surface area (Å²) in [5.74, 6) is -0.324. The highest BCUT2D eigenvalue weighted by molar-refractivity contribution is 6.81. The number of carbonyl (C=O) groups is 1. The molecule has 0 rings (SSSR count). The Bertz CT molecular complexity index is 342. The predicted molar refractivity (Wildman–Crippen MR) is 95.8 cm³/mol. The van der Waals surface area contributed by atoms with E-state index in [2.05, 4.69) is 45.9 Å². The Morgan fingerprint density at radius 3 is 1.81 bits per heavy atom. The fourth-order valence-electron chi connectivity index (χ4n) is 1.67. The summed E-state index contributed by atoms with van der Waals surface area (Å²) < 4.78 is 18.0. The van der Waals surface area contributed by atoms with Crippen molar-refractivity contribution in [2.24, 2.45) is 0 Å². The van der Waals surface area contributed by atoms with Crippen molar-refractivity contribution in [2.75, 3.05) is 0 Å². The number of ether oxygens (including phenoxy) is 1. The molecule has 7 heteroatoms. The Hall–Kier alpha value is -0.219. The lowest BCUT2D eigenvalue weighted by molar-refractivity contribution is -0.143. The van der Waals surface area contributed by atoms with Gasteiger partial charge >= 0.3 is 15.3 Å². The summed E-state index contributed by atoms with van der Waals surface area (Å²) in [4.78, 5) is 11.7. The first-order valence-electron chi connectivity index (χ1n) is 7.56. The predicted octanol–water partition coefficient (Wildman–Crippen LogP) is 3.81. The number of carbonyl (C=O) groups excluding carboxylic acids is 1. The van der Waals surface area contributed by atoms with Gasteiger partial charge in [-0.25, -0.2) is 4.79 Å². The zero-order chi connectivity index (χ0) is 16.8. The second-order valence-corrected chi connectivity index (χ2v) is 19.0. The van der Waals surface area contributed by atoms with E-state index in [1.165, 1.54) is 0 Å². The standard InChI is InChI=1S/C14H32O4Si3/c1-10-13(16-14(15)12(2)3)11-19(17-20(4,5)6)18-21(7,8)9/h13,19H,2,10-11H2,1,3-9H3. The fourth-order valence-corrected chi connectivity index (χ4v) is 10.2. The van der Waals surface area contributed by atoms with Crippen molar-refractivity contribution < 1.29 is 17.8 Å². The average molecular weight is 349 g/mol. The lowest BCUT2D eigenvalue weighted by Crippen LogP contribution is -2.45. The molecule has 124 valence electrons. The van der Waals surface area contributed by atoms with E-state index in [9.17, 15) is 4.79 Å². The molecule has 0 aliphatic carbocycles. The maximum absolute atomic E-state index is 11.7. The maximum atomic E-state index is 11.7. The van der Waals surface area contributed by atoms with Gasteiger partial charge < -0.3 is 13.0 Å².